The monoisotopic (exact) mass is 420 g/mol. The first-order valence-electron chi connectivity index (χ1n) is 10.0. The van der Waals surface area contributed by atoms with Crippen LogP contribution in [0, 0.1) is 0 Å². The molecule has 0 unspecified atom stereocenters. The molecule has 6 heteroatoms. The molecule has 0 aromatic heterocycles. The average Bonchev–Trinajstić information content (AvgIpc) is 3.10. The van der Waals surface area contributed by atoms with Gasteiger partial charge in [-0.1, -0.05) is 36.4 Å². The minimum absolute atomic E-state index is 0.0760. The molecule has 3 aromatic rings. The first-order chi connectivity index (χ1) is 14.4. The summed E-state index contributed by atoms with van der Waals surface area (Å²) in [6.45, 7) is 4.13. The van der Waals surface area contributed by atoms with E-state index >= 15 is 0 Å². The van der Waals surface area contributed by atoms with Gasteiger partial charge < -0.3 is 4.90 Å². The maximum Gasteiger partial charge on any atom is 0.264 e. The van der Waals surface area contributed by atoms with Gasteiger partial charge in [-0.05, 0) is 68.3 Å². The lowest BCUT2D eigenvalue weighted by Gasteiger charge is -2.25. The summed E-state index contributed by atoms with van der Waals surface area (Å²) < 4.78 is 27.4. The summed E-state index contributed by atoms with van der Waals surface area (Å²) >= 11 is 0. The number of carbonyl (C=O) groups excluding carboxylic acids is 1. The topological polar surface area (TPSA) is 57.7 Å². The van der Waals surface area contributed by atoms with E-state index in [2.05, 4.69) is 6.07 Å². The molecule has 0 radical (unpaired) electrons. The summed E-state index contributed by atoms with van der Waals surface area (Å²) in [5, 5.41) is 0. The van der Waals surface area contributed by atoms with Crippen LogP contribution in [0.1, 0.15) is 29.8 Å². The molecule has 0 saturated heterocycles. The van der Waals surface area contributed by atoms with Crippen molar-refractivity contribution in [2.45, 2.75) is 31.2 Å². The van der Waals surface area contributed by atoms with E-state index in [1.165, 1.54) is 9.87 Å². The van der Waals surface area contributed by atoms with Gasteiger partial charge in [0, 0.05) is 23.8 Å². The predicted octanol–water partition coefficient (Wildman–Crippen LogP) is 4.49. The summed E-state index contributed by atoms with van der Waals surface area (Å²) in [6.07, 6.45) is 0.832. The number of carbonyl (C=O) groups is 1. The molecule has 3 aromatic carbocycles. The molecular weight excluding hydrogens is 396 g/mol. The van der Waals surface area contributed by atoms with Gasteiger partial charge >= 0.3 is 0 Å². The molecule has 1 heterocycles. The summed E-state index contributed by atoms with van der Waals surface area (Å²) in [4.78, 5) is 15.3. The van der Waals surface area contributed by atoms with Gasteiger partial charge in [0.25, 0.3) is 15.9 Å². The Kier molecular flexibility index (Phi) is 5.35. The number of benzene rings is 3. The summed E-state index contributed by atoms with van der Waals surface area (Å²) in [5.41, 5.74) is 3.19. The van der Waals surface area contributed by atoms with Crippen molar-refractivity contribution in [1.82, 2.24) is 0 Å². The van der Waals surface area contributed by atoms with E-state index in [0.29, 0.717) is 17.8 Å². The lowest BCUT2D eigenvalue weighted by Crippen LogP contribution is -2.35. The van der Waals surface area contributed by atoms with Gasteiger partial charge in [0.15, 0.2) is 0 Å². The fourth-order valence-corrected chi connectivity index (χ4v) is 5.49. The maximum atomic E-state index is 13.2. The van der Waals surface area contributed by atoms with Crippen LogP contribution in [-0.4, -0.2) is 26.9 Å². The van der Waals surface area contributed by atoms with Crippen molar-refractivity contribution in [2.24, 2.45) is 0 Å². The minimum Gasteiger partial charge on any atom is -0.305 e. The third-order valence-corrected chi connectivity index (χ3v) is 7.36. The van der Waals surface area contributed by atoms with Crippen LogP contribution in [0.5, 0.6) is 0 Å². The molecule has 1 atom stereocenters. The maximum absolute atomic E-state index is 13.2. The van der Waals surface area contributed by atoms with Gasteiger partial charge in [-0.15, -0.1) is 0 Å². The van der Waals surface area contributed by atoms with Crippen molar-refractivity contribution in [3.8, 4) is 0 Å². The predicted molar refractivity (Wildman–Crippen MR) is 120 cm³/mol. The number of para-hydroxylation sites is 1. The first kappa shape index (κ1) is 20.2. The van der Waals surface area contributed by atoms with Crippen LogP contribution < -0.4 is 9.21 Å². The molecule has 4 rings (SSSR count). The van der Waals surface area contributed by atoms with Crippen LogP contribution in [0.4, 0.5) is 11.4 Å². The smallest absolute Gasteiger partial charge is 0.264 e. The average molecular weight is 421 g/mol. The normalized spacial score (nSPS) is 15.7. The van der Waals surface area contributed by atoms with Crippen LogP contribution in [0.2, 0.25) is 0 Å². The number of sulfonamides is 1. The number of hydrogen-bond donors (Lipinski definition) is 0. The SMILES string of the molecule is CCN(c1ccc(C(=O)N2c3ccccc3C[C@H]2C)cc1)S(=O)(=O)c1ccccc1. The molecule has 0 fully saturated rings. The molecule has 5 nitrogen and oxygen atoms in total. The molecule has 1 aliphatic heterocycles. The highest BCUT2D eigenvalue weighted by Crippen LogP contribution is 2.33. The second-order valence-corrected chi connectivity index (χ2v) is 9.25. The first-order valence-corrected chi connectivity index (χ1v) is 11.5. The molecule has 1 aliphatic rings. The quantitative estimate of drug-likeness (QED) is 0.611. The van der Waals surface area contributed by atoms with Crippen molar-refractivity contribution in [1.29, 1.82) is 0 Å². The number of nitrogens with zero attached hydrogens (tertiary/aromatic N) is 2. The van der Waals surface area contributed by atoms with Crippen LogP contribution in [0.3, 0.4) is 0 Å². The molecule has 154 valence electrons. The Morgan fingerprint density at radius 1 is 0.967 bits per heavy atom. The molecule has 0 N–H and O–H groups in total. The Hall–Kier alpha value is -3.12. The van der Waals surface area contributed by atoms with Gasteiger partial charge in [0.05, 0.1) is 10.6 Å². The zero-order chi connectivity index (χ0) is 21.3. The van der Waals surface area contributed by atoms with Gasteiger partial charge in [0.1, 0.15) is 0 Å². The standard InChI is InChI=1S/C24H24N2O3S/c1-3-25(30(28,29)22-10-5-4-6-11-22)21-15-13-19(14-16-21)24(27)26-18(2)17-20-9-7-8-12-23(20)26/h4-16,18H,3,17H2,1-2H3/t18-/m1/s1. The van der Waals surface area contributed by atoms with E-state index in [1.54, 1.807) is 61.5 Å². The van der Waals surface area contributed by atoms with Gasteiger partial charge in [-0.3, -0.25) is 9.10 Å². The molecule has 1 amide bonds. The molecule has 0 bridgehead atoms. The van der Waals surface area contributed by atoms with Gasteiger partial charge in [-0.25, -0.2) is 8.42 Å². The zero-order valence-electron chi connectivity index (χ0n) is 17.0. The second-order valence-electron chi connectivity index (χ2n) is 7.39. The zero-order valence-corrected chi connectivity index (χ0v) is 17.8. The molecular formula is C24H24N2O3S. The third-order valence-electron chi connectivity index (χ3n) is 5.45. The largest absolute Gasteiger partial charge is 0.305 e. The third kappa shape index (κ3) is 3.48. The fraction of sp³-hybridized carbons (Fsp3) is 0.208. The van der Waals surface area contributed by atoms with Crippen molar-refractivity contribution >= 4 is 27.3 Å². The number of amides is 1. The lowest BCUT2D eigenvalue weighted by atomic mass is 10.1. The Morgan fingerprint density at radius 2 is 1.60 bits per heavy atom. The summed E-state index contributed by atoms with van der Waals surface area (Å²) in [7, 11) is -3.66. The Labute approximate surface area is 177 Å². The number of hydrogen-bond acceptors (Lipinski definition) is 3. The highest BCUT2D eigenvalue weighted by molar-refractivity contribution is 7.92. The van der Waals surface area contributed by atoms with Crippen molar-refractivity contribution < 1.29 is 13.2 Å². The van der Waals surface area contributed by atoms with Crippen LogP contribution in [-0.2, 0) is 16.4 Å². The Balaban J connectivity index is 1.62. The molecule has 30 heavy (non-hydrogen) atoms. The van der Waals surface area contributed by atoms with E-state index in [9.17, 15) is 13.2 Å². The van der Waals surface area contributed by atoms with Gasteiger partial charge in [-0.2, -0.15) is 0 Å². The molecule has 0 saturated carbocycles. The van der Waals surface area contributed by atoms with Crippen molar-refractivity contribution in [3.63, 3.8) is 0 Å². The van der Waals surface area contributed by atoms with Crippen molar-refractivity contribution in [2.75, 3.05) is 15.7 Å². The van der Waals surface area contributed by atoms with Crippen LogP contribution in [0.25, 0.3) is 0 Å². The van der Waals surface area contributed by atoms with E-state index < -0.39 is 10.0 Å². The van der Waals surface area contributed by atoms with E-state index in [4.69, 9.17) is 0 Å². The molecule has 0 aliphatic carbocycles. The highest BCUT2D eigenvalue weighted by Gasteiger charge is 2.31. The number of anilines is 2. The van der Waals surface area contributed by atoms with E-state index in [0.717, 1.165) is 12.1 Å². The second kappa shape index (κ2) is 7.95. The van der Waals surface area contributed by atoms with Crippen LogP contribution >= 0.6 is 0 Å². The summed E-state index contributed by atoms with van der Waals surface area (Å²) in [6, 6.07) is 23.2. The lowest BCUT2D eigenvalue weighted by molar-refractivity contribution is 0.0981. The van der Waals surface area contributed by atoms with Gasteiger partial charge in [0.2, 0.25) is 0 Å². The Bertz CT molecular complexity index is 1160. The highest BCUT2D eigenvalue weighted by atomic mass is 32.2. The van der Waals surface area contributed by atoms with Crippen LogP contribution in [0.15, 0.2) is 83.8 Å². The summed E-state index contributed by atoms with van der Waals surface area (Å²) in [5.74, 6) is -0.0760. The van der Waals surface area contributed by atoms with E-state index in [1.807, 2.05) is 30.0 Å². The fourth-order valence-electron chi connectivity index (χ4n) is 4.00. The number of rotatable bonds is 5. The number of fused-ring (bicyclic) bond motifs is 1. The minimum atomic E-state index is -3.66. The van der Waals surface area contributed by atoms with E-state index in [-0.39, 0.29) is 16.8 Å². The Morgan fingerprint density at radius 3 is 2.27 bits per heavy atom. The van der Waals surface area contributed by atoms with Crippen molar-refractivity contribution in [3.05, 3.63) is 90.0 Å². The molecule has 0 spiro atoms.